The molecule has 6 heteroatoms. The van der Waals surface area contributed by atoms with E-state index in [1.807, 2.05) is 0 Å². The maximum absolute atomic E-state index is 11.9. The molecule has 2 heterocycles. The lowest BCUT2D eigenvalue weighted by atomic mass is 10.2. The third-order valence-electron chi connectivity index (χ3n) is 2.74. The van der Waals surface area contributed by atoms with Crippen molar-refractivity contribution in [3.05, 3.63) is 30.2 Å². The monoisotopic (exact) mass is 250 g/mol. The minimum Gasteiger partial charge on any atom is -0.480 e. The number of nitrogens with one attached hydrogen (secondary N) is 1. The van der Waals surface area contributed by atoms with Crippen LogP contribution in [0.25, 0.3) is 6.08 Å². The highest BCUT2D eigenvalue weighted by atomic mass is 16.4. The Hall–Kier alpha value is -2.08. The average Bonchev–Trinajstić information content (AvgIpc) is 2.89. The summed E-state index contributed by atoms with van der Waals surface area (Å²) in [4.78, 5) is 24.3. The van der Waals surface area contributed by atoms with E-state index < -0.39 is 12.0 Å². The van der Waals surface area contributed by atoms with Crippen molar-refractivity contribution in [1.29, 1.82) is 0 Å². The Balaban J connectivity index is 2.04. The summed E-state index contributed by atoms with van der Waals surface area (Å²) >= 11 is 0. The molecule has 0 saturated carbocycles. The Morgan fingerprint density at radius 3 is 3.06 bits per heavy atom. The van der Waals surface area contributed by atoms with Crippen LogP contribution < -0.4 is 5.32 Å². The molecule has 0 aromatic carbocycles. The van der Waals surface area contributed by atoms with Crippen LogP contribution in [0.3, 0.4) is 0 Å². The number of hydrogen-bond acceptors (Lipinski definition) is 4. The van der Waals surface area contributed by atoms with Gasteiger partial charge in [0.1, 0.15) is 11.8 Å². The fourth-order valence-electron chi connectivity index (χ4n) is 1.82. The highest BCUT2D eigenvalue weighted by Gasteiger charge is 2.30. The third-order valence-corrected chi connectivity index (χ3v) is 2.74. The highest BCUT2D eigenvalue weighted by Crippen LogP contribution is 2.07. The molecule has 0 radical (unpaired) electrons. The number of nitrogens with zero attached hydrogens (tertiary/aromatic N) is 1. The number of amides is 1. The normalized spacial score (nSPS) is 20.2. The number of carboxylic acid groups (broad SMARTS) is 1. The van der Waals surface area contributed by atoms with Gasteiger partial charge in [0.15, 0.2) is 0 Å². The van der Waals surface area contributed by atoms with Gasteiger partial charge in [-0.3, -0.25) is 4.79 Å². The number of rotatable bonds is 3. The van der Waals surface area contributed by atoms with Crippen molar-refractivity contribution in [2.45, 2.75) is 6.04 Å². The first-order chi connectivity index (χ1) is 8.68. The molecule has 1 amide bonds. The van der Waals surface area contributed by atoms with Crippen molar-refractivity contribution in [1.82, 2.24) is 10.2 Å². The minimum atomic E-state index is -0.998. The van der Waals surface area contributed by atoms with Crippen molar-refractivity contribution in [2.24, 2.45) is 0 Å². The molecule has 2 N–H and O–H groups in total. The van der Waals surface area contributed by atoms with Gasteiger partial charge in [0.2, 0.25) is 5.91 Å². The Labute approximate surface area is 104 Å². The first kappa shape index (κ1) is 12.4. The molecule has 1 aliphatic rings. The smallest absolute Gasteiger partial charge is 0.327 e. The standard InChI is InChI=1S/C12H14N2O4/c15-11(4-3-9-2-1-7-18-9)14-6-5-13-8-10(14)12(16)17/h1-4,7,10,13H,5-6,8H2,(H,16,17). The molecule has 1 saturated heterocycles. The lowest BCUT2D eigenvalue weighted by Crippen LogP contribution is -2.56. The van der Waals surface area contributed by atoms with Gasteiger partial charge in [0.25, 0.3) is 0 Å². The second-order valence-electron chi connectivity index (χ2n) is 3.94. The fraction of sp³-hybridized carbons (Fsp3) is 0.333. The number of hydrogen-bond donors (Lipinski definition) is 2. The quantitative estimate of drug-likeness (QED) is 0.748. The molecule has 96 valence electrons. The molecule has 1 aliphatic heterocycles. The topological polar surface area (TPSA) is 82.8 Å². The van der Waals surface area contributed by atoms with Crippen LogP contribution in [0.2, 0.25) is 0 Å². The zero-order valence-corrected chi connectivity index (χ0v) is 9.70. The van der Waals surface area contributed by atoms with Crippen LogP contribution in [0.15, 0.2) is 28.9 Å². The largest absolute Gasteiger partial charge is 0.480 e. The molecule has 1 aromatic rings. The van der Waals surface area contributed by atoms with E-state index in [1.54, 1.807) is 12.1 Å². The van der Waals surface area contributed by atoms with Crippen molar-refractivity contribution in [2.75, 3.05) is 19.6 Å². The lowest BCUT2D eigenvalue weighted by molar-refractivity contribution is -0.149. The summed E-state index contributed by atoms with van der Waals surface area (Å²) < 4.78 is 5.06. The molecule has 1 fully saturated rings. The van der Waals surface area contributed by atoms with Crippen LogP contribution in [-0.2, 0) is 9.59 Å². The van der Waals surface area contributed by atoms with E-state index in [9.17, 15) is 9.59 Å². The van der Waals surface area contributed by atoms with Crippen molar-refractivity contribution in [3.8, 4) is 0 Å². The van der Waals surface area contributed by atoms with E-state index >= 15 is 0 Å². The van der Waals surface area contributed by atoms with Crippen LogP contribution in [0.4, 0.5) is 0 Å². The number of carbonyl (C=O) groups is 2. The summed E-state index contributed by atoms with van der Waals surface area (Å²) in [5.74, 6) is -0.757. The minimum absolute atomic E-state index is 0.273. The van der Waals surface area contributed by atoms with Gasteiger partial charge in [-0.05, 0) is 18.2 Å². The molecule has 0 spiro atoms. The number of carbonyl (C=O) groups excluding carboxylic acids is 1. The third kappa shape index (κ3) is 2.78. The molecule has 2 rings (SSSR count). The lowest BCUT2D eigenvalue weighted by Gasteiger charge is -2.32. The number of piperazine rings is 1. The summed E-state index contributed by atoms with van der Waals surface area (Å²) in [6.45, 7) is 1.26. The Morgan fingerprint density at radius 1 is 1.56 bits per heavy atom. The van der Waals surface area contributed by atoms with Crippen molar-refractivity contribution in [3.63, 3.8) is 0 Å². The summed E-state index contributed by atoms with van der Waals surface area (Å²) in [5.41, 5.74) is 0. The van der Waals surface area contributed by atoms with Crippen LogP contribution in [-0.4, -0.2) is 47.6 Å². The van der Waals surface area contributed by atoms with Gasteiger partial charge < -0.3 is 19.7 Å². The van der Waals surface area contributed by atoms with Gasteiger partial charge in [-0.25, -0.2) is 4.79 Å². The molecule has 6 nitrogen and oxygen atoms in total. The van der Waals surface area contributed by atoms with Gasteiger partial charge in [-0.15, -0.1) is 0 Å². The summed E-state index contributed by atoms with van der Waals surface area (Å²) in [6.07, 6.45) is 4.37. The summed E-state index contributed by atoms with van der Waals surface area (Å²) in [6, 6.07) is 2.62. The van der Waals surface area contributed by atoms with Crippen molar-refractivity contribution >= 4 is 18.0 Å². The Kier molecular flexibility index (Phi) is 3.78. The Bertz CT molecular complexity index is 453. The van der Waals surface area contributed by atoms with Gasteiger partial charge in [0.05, 0.1) is 6.26 Å². The van der Waals surface area contributed by atoms with Gasteiger partial charge in [0, 0.05) is 25.7 Å². The first-order valence-corrected chi connectivity index (χ1v) is 5.64. The number of furan rings is 1. The van der Waals surface area contributed by atoms with Crippen LogP contribution in [0, 0.1) is 0 Å². The van der Waals surface area contributed by atoms with Crippen LogP contribution >= 0.6 is 0 Å². The van der Waals surface area contributed by atoms with E-state index in [0.717, 1.165) is 0 Å². The predicted molar refractivity (Wildman–Crippen MR) is 63.7 cm³/mol. The Morgan fingerprint density at radius 2 is 2.39 bits per heavy atom. The van der Waals surface area contributed by atoms with Gasteiger partial charge in [-0.2, -0.15) is 0 Å². The first-order valence-electron chi connectivity index (χ1n) is 5.64. The van der Waals surface area contributed by atoms with Crippen LogP contribution in [0.5, 0.6) is 0 Å². The SMILES string of the molecule is O=C(O)C1CNCCN1C(=O)C=Cc1ccco1. The van der Waals surface area contributed by atoms with E-state index in [1.165, 1.54) is 23.3 Å². The van der Waals surface area contributed by atoms with E-state index in [0.29, 0.717) is 18.8 Å². The molecule has 1 atom stereocenters. The maximum atomic E-state index is 11.9. The van der Waals surface area contributed by atoms with E-state index in [2.05, 4.69) is 5.32 Å². The van der Waals surface area contributed by atoms with E-state index in [4.69, 9.17) is 9.52 Å². The fourth-order valence-corrected chi connectivity index (χ4v) is 1.82. The van der Waals surface area contributed by atoms with Gasteiger partial charge >= 0.3 is 5.97 Å². The average molecular weight is 250 g/mol. The zero-order valence-electron chi connectivity index (χ0n) is 9.70. The highest BCUT2D eigenvalue weighted by molar-refractivity contribution is 5.94. The molecular weight excluding hydrogens is 236 g/mol. The molecule has 1 aromatic heterocycles. The maximum Gasteiger partial charge on any atom is 0.327 e. The predicted octanol–water partition coefficient (Wildman–Crippen LogP) is 0.178. The van der Waals surface area contributed by atoms with Gasteiger partial charge in [-0.1, -0.05) is 0 Å². The summed E-state index contributed by atoms with van der Waals surface area (Å²) in [7, 11) is 0. The molecule has 0 aliphatic carbocycles. The van der Waals surface area contributed by atoms with Crippen molar-refractivity contribution < 1.29 is 19.1 Å². The number of aliphatic carboxylic acids is 1. The molecular formula is C12H14N2O4. The molecule has 0 bridgehead atoms. The number of carboxylic acids is 1. The summed E-state index contributed by atoms with van der Waals surface area (Å²) in [5, 5.41) is 12.0. The second-order valence-corrected chi connectivity index (χ2v) is 3.94. The molecule has 18 heavy (non-hydrogen) atoms. The zero-order chi connectivity index (χ0) is 13.0. The van der Waals surface area contributed by atoms with E-state index in [-0.39, 0.29) is 12.5 Å². The second kappa shape index (κ2) is 5.50. The molecule has 1 unspecified atom stereocenters. The van der Waals surface area contributed by atoms with Crippen LogP contribution in [0.1, 0.15) is 5.76 Å².